The summed E-state index contributed by atoms with van der Waals surface area (Å²) in [6, 6.07) is 4.91. The average Bonchev–Trinajstić information content (AvgIpc) is 2.60. The minimum absolute atomic E-state index is 0.0852. The van der Waals surface area contributed by atoms with Crippen LogP contribution in [0.4, 0.5) is 15.8 Å². The molecule has 82 valence electrons. The molecular formula is C12H17FN2. The number of nitrogens with two attached hydrogens (primary N) is 1. The highest BCUT2D eigenvalue weighted by Crippen LogP contribution is 2.34. The lowest BCUT2D eigenvalue weighted by Crippen LogP contribution is -2.31. The number of para-hydroxylation sites is 1. The fraction of sp³-hybridized carbons (Fsp3) is 0.500. The number of hydrogen-bond acceptors (Lipinski definition) is 2. The molecule has 1 aromatic rings. The Kier molecular flexibility index (Phi) is 2.55. The summed E-state index contributed by atoms with van der Waals surface area (Å²) in [5, 5.41) is 3.36. The van der Waals surface area contributed by atoms with E-state index in [9.17, 15) is 4.39 Å². The van der Waals surface area contributed by atoms with Crippen molar-refractivity contribution >= 4 is 11.4 Å². The number of anilines is 2. The number of rotatable bonds is 2. The number of benzene rings is 1. The van der Waals surface area contributed by atoms with Crippen molar-refractivity contribution in [2.45, 2.75) is 38.1 Å². The number of halogens is 1. The zero-order valence-corrected chi connectivity index (χ0v) is 9.02. The maximum Gasteiger partial charge on any atom is 0.148 e. The van der Waals surface area contributed by atoms with E-state index in [2.05, 4.69) is 12.2 Å². The first-order chi connectivity index (χ1) is 7.11. The summed E-state index contributed by atoms with van der Waals surface area (Å²) in [6.45, 7) is 2.17. The molecule has 0 heterocycles. The fourth-order valence-electron chi connectivity index (χ4n) is 2.25. The quantitative estimate of drug-likeness (QED) is 0.733. The molecule has 0 unspecified atom stereocenters. The average molecular weight is 208 g/mol. The highest BCUT2D eigenvalue weighted by atomic mass is 19.1. The number of hydrogen-bond donors (Lipinski definition) is 2. The van der Waals surface area contributed by atoms with Gasteiger partial charge in [0.1, 0.15) is 5.82 Å². The van der Waals surface area contributed by atoms with Crippen molar-refractivity contribution in [3.05, 3.63) is 24.0 Å². The molecule has 3 heteroatoms. The van der Waals surface area contributed by atoms with Gasteiger partial charge >= 0.3 is 0 Å². The van der Waals surface area contributed by atoms with E-state index in [1.807, 2.05) is 6.07 Å². The van der Waals surface area contributed by atoms with Gasteiger partial charge in [0.05, 0.1) is 11.4 Å². The molecule has 1 aliphatic carbocycles. The standard InChI is InChI=1S/C12H17FN2/c1-12(7-2-3-8-12)15-10-6-4-5-9(13)11(10)14/h4-6,15H,2-3,7-8,14H2,1H3. The third kappa shape index (κ3) is 2.06. The van der Waals surface area contributed by atoms with Crippen LogP contribution >= 0.6 is 0 Å². The summed E-state index contributed by atoms with van der Waals surface area (Å²) in [4.78, 5) is 0. The summed E-state index contributed by atoms with van der Waals surface area (Å²) >= 11 is 0. The zero-order chi connectivity index (χ0) is 10.9. The summed E-state index contributed by atoms with van der Waals surface area (Å²) in [5.41, 5.74) is 6.72. The number of nitrogen functional groups attached to an aromatic ring is 1. The Morgan fingerprint density at radius 2 is 2.00 bits per heavy atom. The highest BCUT2D eigenvalue weighted by Gasteiger charge is 2.28. The van der Waals surface area contributed by atoms with Crippen molar-refractivity contribution < 1.29 is 4.39 Å². The van der Waals surface area contributed by atoms with Gasteiger partial charge in [0, 0.05) is 5.54 Å². The normalized spacial score (nSPS) is 19.1. The van der Waals surface area contributed by atoms with Crippen LogP contribution in [-0.2, 0) is 0 Å². The van der Waals surface area contributed by atoms with Crippen LogP contribution in [0.25, 0.3) is 0 Å². The van der Waals surface area contributed by atoms with Crippen molar-refractivity contribution in [3.8, 4) is 0 Å². The van der Waals surface area contributed by atoms with Crippen molar-refractivity contribution in [3.63, 3.8) is 0 Å². The van der Waals surface area contributed by atoms with Crippen LogP contribution in [0, 0.1) is 5.82 Å². The minimum Gasteiger partial charge on any atom is -0.395 e. The SMILES string of the molecule is CC1(Nc2cccc(F)c2N)CCCC1. The van der Waals surface area contributed by atoms with Gasteiger partial charge in [-0.15, -0.1) is 0 Å². The second-order valence-corrected chi connectivity index (χ2v) is 4.59. The lowest BCUT2D eigenvalue weighted by Gasteiger charge is -2.27. The van der Waals surface area contributed by atoms with E-state index in [-0.39, 0.29) is 17.0 Å². The van der Waals surface area contributed by atoms with E-state index >= 15 is 0 Å². The van der Waals surface area contributed by atoms with E-state index in [0.29, 0.717) is 0 Å². The molecule has 0 aliphatic heterocycles. The smallest absolute Gasteiger partial charge is 0.148 e. The topological polar surface area (TPSA) is 38.0 Å². The molecule has 1 fully saturated rings. The van der Waals surface area contributed by atoms with Gasteiger partial charge in [-0.2, -0.15) is 0 Å². The van der Waals surface area contributed by atoms with Gasteiger partial charge in [-0.1, -0.05) is 18.9 Å². The maximum atomic E-state index is 13.2. The molecule has 0 radical (unpaired) electrons. The predicted octanol–water partition coefficient (Wildman–Crippen LogP) is 3.15. The van der Waals surface area contributed by atoms with Crippen LogP contribution in [0.15, 0.2) is 18.2 Å². The lowest BCUT2D eigenvalue weighted by molar-refractivity contribution is 0.533. The van der Waals surface area contributed by atoms with Crippen molar-refractivity contribution in [1.82, 2.24) is 0 Å². The first kappa shape index (κ1) is 10.3. The molecular weight excluding hydrogens is 191 g/mol. The summed E-state index contributed by atoms with van der Waals surface area (Å²) < 4.78 is 13.2. The Morgan fingerprint density at radius 1 is 1.33 bits per heavy atom. The fourth-order valence-corrected chi connectivity index (χ4v) is 2.25. The molecule has 0 aromatic heterocycles. The van der Waals surface area contributed by atoms with E-state index < -0.39 is 0 Å². The zero-order valence-electron chi connectivity index (χ0n) is 9.02. The molecule has 2 rings (SSSR count). The largest absolute Gasteiger partial charge is 0.395 e. The maximum absolute atomic E-state index is 13.2. The Balaban J connectivity index is 2.20. The van der Waals surface area contributed by atoms with E-state index in [1.54, 1.807) is 6.07 Å². The predicted molar refractivity (Wildman–Crippen MR) is 61.3 cm³/mol. The lowest BCUT2D eigenvalue weighted by atomic mass is 10.00. The summed E-state index contributed by atoms with van der Waals surface area (Å²) in [7, 11) is 0. The first-order valence-corrected chi connectivity index (χ1v) is 5.43. The molecule has 1 aromatic carbocycles. The minimum atomic E-state index is -0.346. The summed E-state index contributed by atoms with van der Waals surface area (Å²) in [5.74, 6) is -0.346. The van der Waals surface area contributed by atoms with Crippen LogP contribution in [0.3, 0.4) is 0 Å². The monoisotopic (exact) mass is 208 g/mol. The highest BCUT2D eigenvalue weighted by molar-refractivity contribution is 5.67. The molecule has 0 atom stereocenters. The van der Waals surface area contributed by atoms with Gasteiger partial charge in [0.25, 0.3) is 0 Å². The second kappa shape index (κ2) is 3.72. The van der Waals surface area contributed by atoms with Crippen molar-refractivity contribution in [1.29, 1.82) is 0 Å². The Hall–Kier alpha value is -1.25. The number of nitrogens with one attached hydrogen (secondary N) is 1. The van der Waals surface area contributed by atoms with E-state index in [1.165, 1.54) is 18.9 Å². The van der Waals surface area contributed by atoms with Gasteiger partial charge in [-0.25, -0.2) is 4.39 Å². The van der Waals surface area contributed by atoms with Crippen LogP contribution in [0.2, 0.25) is 0 Å². The van der Waals surface area contributed by atoms with Crippen LogP contribution in [0.5, 0.6) is 0 Å². The first-order valence-electron chi connectivity index (χ1n) is 5.43. The van der Waals surface area contributed by atoms with E-state index in [0.717, 1.165) is 18.5 Å². The van der Waals surface area contributed by atoms with Gasteiger partial charge in [0.2, 0.25) is 0 Å². The second-order valence-electron chi connectivity index (χ2n) is 4.59. The van der Waals surface area contributed by atoms with Crippen LogP contribution in [-0.4, -0.2) is 5.54 Å². The molecule has 0 bridgehead atoms. The Labute approximate surface area is 89.7 Å². The Morgan fingerprint density at radius 3 is 2.67 bits per heavy atom. The van der Waals surface area contributed by atoms with E-state index in [4.69, 9.17) is 5.73 Å². The van der Waals surface area contributed by atoms with Gasteiger partial charge in [-0.3, -0.25) is 0 Å². The summed E-state index contributed by atoms with van der Waals surface area (Å²) in [6.07, 6.45) is 4.73. The van der Waals surface area contributed by atoms with Gasteiger partial charge in [-0.05, 0) is 31.9 Å². The molecule has 3 N–H and O–H groups in total. The van der Waals surface area contributed by atoms with Crippen molar-refractivity contribution in [2.75, 3.05) is 11.1 Å². The molecule has 15 heavy (non-hydrogen) atoms. The van der Waals surface area contributed by atoms with Crippen molar-refractivity contribution in [2.24, 2.45) is 0 Å². The molecule has 1 aliphatic rings. The molecule has 1 saturated carbocycles. The van der Waals surface area contributed by atoms with Gasteiger partial charge < -0.3 is 11.1 Å². The van der Waals surface area contributed by atoms with Gasteiger partial charge in [0.15, 0.2) is 0 Å². The molecule has 0 saturated heterocycles. The molecule has 0 spiro atoms. The van der Waals surface area contributed by atoms with Crippen LogP contribution in [0.1, 0.15) is 32.6 Å². The Bertz CT molecular complexity index is 357. The molecule has 0 amide bonds. The third-order valence-electron chi connectivity index (χ3n) is 3.20. The van der Waals surface area contributed by atoms with Crippen LogP contribution < -0.4 is 11.1 Å². The third-order valence-corrected chi connectivity index (χ3v) is 3.20. The molecule has 2 nitrogen and oxygen atoms in total.